The summed E-state index contributed by atoms with van der Waals surface area (Å²) in [5.41, 5.74) is 2.20. The first-order valence-corrected chi connectivity index (χ1v) is 8.92. The highest BCUT2D eigenvalue weighted by molar-refractivity contribution is 5.77. The summed E-state index contributed by atoms with van der Waals surface area (Å²) >= 11 is 0. The summed E-state index contributed by atoms with van der Waals surface area (Å²) in [4.78, 5) is 16.3. The van der Waals surface area contributed by atoms with E-state index in [2.05, 4.69) is 22.3 Å². The number of hydrogen-bond donors (Lipinski definition) is 1. The number of nitrogens with zero attached hydrogens (tertiary/aromatic N) is 2. The lowest BCUT2D eigenvalue weighted by Crippen LogP contribution is -2.49. The molecule has 0 spiro atoms. The van der Waals surface area contributed by atoms with E-state index in [1.807, 2.05) is 19.1 Å². The minimum atomic E-state index is -1.52. The van der Waals surface area contributed by atoms with Gasteiger partial charge in [0.1, 0.15) is 0 Å². The predicted octanol–water partition coefficient (Wildman–Crippen LogP) is 3.56. The number of halogens is 3. The van der Waals surface area contributed by atoms with Crippen molar-refractivity contribution in [2.45, 2.75) is 13.3 Å². The van der Waals surface area contributed by atoms with Gasteiger partial charge in [-0.2, -0.15) is 0 Å². The summed E-state index contributed by atoms with van der Waals surface area (Å²) in [5, 5.41) is 2.65. The monoisotopic (exact) mass is 377 g/mol. The molecule has 0 aliphatic carbocycles. The molecule has 1 amide bonds. The average Bonchev–Trinajstić information content (AvgIpc) is 2.68. The van der Waals surface area contributed by atoms with Crippen LogP contribution in [0.2, 0.25) is 0 Å². The first-order valence-electron chi connectivity index (χ1n) is 8.92. The third kappa shape index (κ3) is 4.53. The maximum Gasteiger partial charge on any atom is 0.224 e. The van der Waals surface area contributed by atoms with Crippen molar-refractivity contribution in [3.8, 4) is 0 Å². The summed E-state index contributed by atoms with van der Waals surface area (Å²) in [6.07, 6.45) is 0.156. The normalized spacial score (nSPS) is 14.4. The van der Waals surface area contributed by atoms with Crippen molar-refractivity contribution in [1.82, 2.24) is 4.90 Å². The van der Waals surface area contributed by atoms with E-state index in [4.69, 9.17) is 0 Å². The molecule has 3 rings (SSSR count). The molecule has 0 unspecified atom stereocenters. The number of nitrogens with one attached hydrogen (secondary N) is 1. The lowest BCUT2D eigenvalue weighted by atomic mass is 10.2. The van der Waals surface area contributed by atoms with Gasteiger partial charge in [0.2, 0.25) is 5.91 Å². The van der Waals surface area contributed by atoms with Crippen molar-refractivity contribution in [2.75, 3.05) is 42.9 Å². The van der Waals surface area contributed by atoms with Gasteiger partial charge in [0.25, 0.3) is 0 Å². The van der Waals surface area contributed by atoms with Crippen LogP contribution in [0.4, 0.5) is 24.5 Å². The maximum atomic E-state index is 13.6. The minimum Gasteiger partial charge on any atom is -0.382 e. The van der Waals surface area contributed by atoms with Crippen LogP contribution in [0.15, 0.2) is 36.4 Å². The van der Waals surface area contributed by atoms with Crippen LogP contribution < -0.4 is 10.2 Å². The van der Waals surface area contributed by atoms with E-state index in [9.17, 15) is 18.0 Å². The smallest absolute Gasteiger partial charge is 0.224 e. The molecular formula is C20H22F3N3O. The van der Waals surface area contributed by atoms with E-state index in [1.165, 1.54) is 5.56 Å². The molecule has 4 nitrogen and oxygen atoms in total. The van der Waals surface area contributed by atoms with Gasteiger partial charge in [-0.05, 0) is 36.8 Å². The number of carbonyl (C=O) groups excluding carboxylic acids is 1. The largest absolute Gasteiger partial charge is 0.382 e. The van der Waals surface area contributed by atoms with Gasteiger partial charge in [0.05, 0.1) is 5.69 Å². The van der Waals surface area contributed by atoms with Gasteiger partial charge in [-0.3, -0.25) is 4.79 Å². The van der Waals surface area contributed by atoms with Crippen molar-refractivity contribution in [3.05, 3.63) is 59.4 Å². The van der Waals surface area contributed by atoms with Crippen molar-refractivity contribution in [1.29, 1.82) is 0 Å². The molecule has 0 saturated carbocycles. The molecule has 1 saturated heterocycles. The van der Waals surface area contributed by atoms with Gasteiger partial charge in [-0.1, -0.05) is 12.1 Å². The van der Waals surface area contributed by atoms with Crippen molar-refractivity contribution in [2.24, 2.45) is 0 Å². The Labute approximate surface area is 156 Å². The number of hydrogen-bond acceptors (Lipinski definition) is 3. The van der Waals surface area contributed by atoms with Crippen molar-refractivity contribution < 1.29 is 18.0 Å². The molecule has 0 radical (unpaired) electrons. The molecule has 0 bridgehead atoms. The van der Waals surface area contributed by atoms with Gasteiger partial charge in [0, 0.05) is 44.8 Å². The van der Waals surface area contributed by atoms with E-state index in [0.29, 0.717) is 13.1 Å². The molecule has 1 N–H and O–H groups in total. The zero-order chi connectivity index (χ0) is 19.4. The Morgan fingerprint density at radius 2 is 1.78 bits per heavy atom. The fourth-order valence-corrected chi connectivity index (χ4v) is 3.16. The topological polar surface area (TPSA) is 35.6 Å². The molecule has 1 heterocycles. The number of rotatable bonds is 5. The van der Waals surface area contributed by atoms with Crippen LogP contribution in [0, 0.1) is 24.4 Å². The van der Waals surface area contributed by atoms with Gasteiger partial charge in [-0.25, -0.2) is 13.2 Å². The number of aryl methyl sites for hydroxylation is 1. The van der Waals surface area contributed by atoms with Crippen LogP contribution in [0.5, 0.6) is 0 Å². The number of piperazine rings is 1. The van der Waals surface area contributed by atoms with Gasteiger partial charge in [0.15, 0.2) is 17.5 Å². The fraction of sp³-hybridized carbons (Fsp3) is 0.350. The lowest BCUT2D eigenvalue weighted by Gasteiger charge is -2.36. The molecule has 2 aromatic carbocycles. The highest BCUT2D eigenvalue weighted by Gasteiger charge is 2.21. The summed E-state index contributed by atoms with van der Waals surface area (Å²) in [6.45, 7) is 4.94. The Bertz CT molecular complexity index is 820. The third-order valence-corrected chi connectivity index (χ3v) is 4.69. The molecule has 1 aliphatic heterocycles. The number of amides is 1. The summed E-state index contributed by atoms with van der Waals surface area (Å²) in [6, 6.07) is 10.2. The Kier molecular flexibility index (Phi) is 5.88. The second-order valence-corrected chi connectivity index (χ2v) is 6.61. The van der Waals surface area contributed by atoms with E-state index >= 15 is 0 Å². The third-order valence-electron chi connectivity index (χ3n) is 4.69. The lowest BCUT2D eigenvalue weighted by molar-refractivity contribution is -0.131. The van der Waals surface area contributed by atoms with E-state index < -0.39 is 17.5 Å². The van der Waals surface area contributed by atoms with Crippen molar-refractivity contribution in [3.63, 3.8) is 0 Å². The maximum absolute atomic E-state index is 13.6. The molecular weight excluding hydrogens is 355 g/mol. The van der Waals surface area contributed by atoms with Gasteiger partial charge in [-0.15, -0.1) is 0 Å². The zero-order valence-electron chi connectivity index (χ0n) is 15.1. The number of benzene rings is 2. The molecule has 7 heteroatoms. The fourth-order valence-electron chi connectivity index (χ4n) is 3.16. The zero-order valence-corrected chi connectivity index (χ0v) is 15.1. The van der Waals surface area contributed by atoms with E-state index in [-0.39, 0.29) is 24.6 Å². The first-order chi connectivity index (χ1) is 13.0. The van der Waals surface area contributed by atoms with Crippen LogP contribution in [-0.2, 0) is 4.79 Å². The summed E-state index contributed by atoms with van der Waals surface area (Å²) in [7, 11) is 0. The van der Waals surface area contributed by atoms with Crippen LogP contribution in [0.25, 0.3) is 0 Å². The summed E-state index contributed by atoms with van der Waals surface area (Å²) in [5.74, 6) is -4.07. The van der Waals surface area contributed by atoms with Gasteiger partial charge < -0.3 is 15.1 Å². The number of anilines is 2. The Hall–Kier alpha value is -2.70. The molecule has 1 fully saturated rings. The minimum absolute atomic E-state index is 0.0469. The molecule has 0 aromatic heterocycles. The Morgan fingerprint density at radius 3 is 2.48 bits per heavy atom. The quantitative estimate of drug-likeness (QED) is 0.810. The van der Waals surface area contributed by atoms with Crippen LogP contribution >= 0.6 is 0 Å². The molecule has 0 atom stereocenters. The Balaban J connectivity index is 1.47. The first kappa shape index (κ1) is 19.1. The molecule has 144 valence electrons. The standard InChI is InChI=1S/C20H22F3N3O/c1-14-3-2-4-15(13-14)25-9-11-26(12-10-25)18(27)7-8-24-17-6-5-16(21)19(22)20(17)23/h2-6,13,24H,7-12H2,1H3. The van der Waals surface area contributed by atoms with Crippen LogP contribution in [0.1, 0.15) is 12.0 Å². The molecule has 1 aliphatic rings. The number of carbonyl (C=O) groups is 1. The van der Waals surface area contributed by atoms with E-state index in [0.717, 1.165) is 30.9 Å². The molecule has 27 heavy (non-hydrogen) atoms. The second-order valence-electron chi connectivity index (χ2n) is 6.61. The van der Waals surface area contributed by atoms with E-state index in [1.54, 1.807) is 4.90 Å². The summed E-state index contributed by atoms with van der Waals surface area (Å²) < 4.78 is 39.7. The van der Waals surface area contributed by atoms with Crippen molar-refractivity contribution >= 4 is 17.3 Å². The molecule has 2 aromatic rings. The highest BCUT2D eigenvalue weighted by atomic mass is 19.2. The second kappa shape index (κ2) is 8.33. The predicted molar refractivity (Wildman–Crippen MR) is 99.4 cm³/mol. The van der Waals surface area contributed by atoms with Crippen LogP contribution in [-0.4, -0.2) is 43.5 Å². The average molecular weight is 377 g/mol. The highest BCUT2D eigenvalue weighted by Crippen LogP contribution is 2.20. The van der Waals surface area contributed by atoms with Gasteiger partial charge >= 0.3 is 0 Å². The SMILES string of the molecule is Cc1cccc(N2CCN(C(=O)CCNc3ccc(F)c(F)c3F)CC2)c1. The Morgan fingerprint density at radius 1 is 1.04 bits per heavy atom. The van der Waals surface area contributed by atoms with Crippen LogP contribution in [0.3, 0.4) is 0 Å².